The molecular weight excluding hydrogens is 392 g/mol. The summed E-state index contributed by atoms with van der Waals surface area (Å²) < 4.78 is 3.82. The van der Waals surface area contributed by atoms with Crippen LogP contribution in [0.15, 0.2) is 36.9 Å². The van der Waals surface area contributed by atoms with Crippen molar-refractivity contribution < 1.29 is 4.79 Å². The Morgan fingerprint density at radius 2 is 2.10 bits per heavy atom. The van der Waals surface area contributed by atoms with Gasteiger partial charge in [-0.2, -0.15) is 5.10 Å². The Hall–Kier alpha value is -3.88. The highest BCUT2D eigenvalue weighted by molar-refractivity contribution is 5.83. The van der Waals surface area contributed by atoms with Gasteiger partial charge >= 0.3 is 0 Å². The molecule has 0 radical (unpaired) electrons. The van der Waals surface area contributed by atoms with Gasteiger partial charge in [0.25, 0.3) is 0 Å². The van der Waals surface area contributed by atoms with Crippen LogP contribution in [0.1, 0.15) is 41.2 Å². The fraction of sp³-hybridized carbons (Fsp3) is 0.273. The van der Waals surface area contributed by atoms with Gasteiger partial charge in [0, 0.05) is 49.1 Å². The normalized spacial score (nSPS) is 15.8. The van der Waals surface area contributed by atoms with E-state index in [1.54, 1.807) is 12.4 Å². The lowest BCUT2D eigenvalue weighted by atomic mass is 10.1. The third-order valence-electron chi connectivity index (χ3n) is 5.80. The van der Waals surface area contributed by atoms with E-state index in [9.17, 15) is 4.79 Å². The lowest BCUT2D eigenvalue weighted by Gasteiger charge is -2.09. The molecular formula is C22H20N8O. The molecule has 9 nitrogen and oxygen atoms in total. The van der Waals surface area contributed by atoms with E-state index in [0.717, 1.165) is 46.0 Å². The zero-order valence-corrected chi connectivity index (χ0v) is 17.0. The molecule has 0 saturated heterocycles. The molecule has 4 aromatic heterocycles. The van der Waals surface area contributed by atoms with E-state index in [0.29, 0.717) is 37.4 Å². The number of allylic oxidation sites excluding steroid dienone is 1. The molecule has 4 bridgehead atoms. The zero-order valence-electron chi connectivity index (χ0n) is 17.0. The summed E-state index contributed by atoms with van der Waals surface area (Å²) in [6, 6.07) is 1.85. The molecule has 1 aliphatic heterocycles. The van der Waals surface area contributed by atoms with Gasteiger partial charge in [-0.15, -0.1) is 0 Å². The smallest absolute Gasteiger partial charge is 0.234 e. The minimum atomic E-state index is -0.0150. The third kappa shape index (κ3) is 2.92. The van der Waals surface area contributed by atoms with Crippen molar-refractivity contribution in [2.45, 2.75) is 39.3 Å². The summed E-state index contributed by atoms with van der Waals surface area (Å²) in [5.74, 6) is 0.553. The van der Waals surface area contributed by atoms with Gasteiger partial charge in [0.15, 0.2) is 0 Å². The average Bonchev–Trinajstić information content (AvgIpc) is 3.45. The molecule has 1 N–H and O–H groups in total. The fourth-order valence-corrected chi connectivity index (χ4v) is 4.32. The van der Waals surface area contributed by atoms with Gasteiger partial charge in [0.05, 0.1) is 41.2 Å². The second kappa shape index (κ2) is 6.83. The Labute approximate surface area is 177 Å². The van der Waals surface area contributed by atoms with E-state index < -0.39 is 0 Å². The van der Waals surface area contributed by atoms with Crippen LogP contribution < -0.4 is 5.32 Å². The number of carbonyl (C=O) groups excluding carboxylic acids is 1. The zero-order chi connectivity index (χ0) is 20.9. The van der Waals surface area contributed by atoms with Crippen molar-refractivity contribution in [3.8, 4) is 11.4 Å². The summed E-state index contributed by atoms with van der Waals surface area (Å²) in [4.78, 5) is 31.2. The minimum absolute atomic E-state index is 0.0150. The van der Waals surface area contributed by atoms with E-state index in [4.69, 9.17) is 9.97 Å². The monoisotopic (exact) mass is 412 g/mol. The van der Waals surface area contributed by atoms with Crippen LogP contribution in [0.2, 0.25) is 0 Å². The molecule has 0 fully saturated rings. The van der Waals surface area contributed by atoms with Gasteiger partial charge in [-0.05, 0) is 19.4 Å². The molecule has 4 aromatic rings. The number of aryl methyl sites for hydroxylation is 2. The molecule has 1 aliphatic carbocycles. The maximum atomic E-state index is 12.4. The number of fused-ring (bicyclic) bond motifs is 8. The third-order valence-corrected chi connectivity index (χ3v) is 5.80. The van der Waals surface area contributed by atoms with E-state index in [2.05, 4.69) is 26.5 Å². The molecule has 6 rings (SSSR count). The molecule has 2 aliphatic rings. The summed E-state index contributed by atoms with van der Waals surface area (Å²) in [5.41, 5.74) is 7.13. The molecule has 5 heterocycles. The number of hydrogen-bond acceptors (Lipinski definition) is 6. The molecule has 0 atom stereocenters. The number of imidazole rings is 1. The molecule has 0 aromatic carbocycles. The first-order valence-electron chi connectivity index (χ1n) is 10.4. The number of hydrogen-bond donors (Lipinski definition) is 1. The van der Waals surface area contributed by atoms with Crippen LogP contribution in [0, 0.1) is 6.92 Å². The van der Waals surface area contributed by atoms with E-state index >= 15 is 0 Å². The fourth-order valence-electron chi connectivity index (χ4n) is 4.32. The van der Waals surface area contributed by atoms with E-state index in [-0.39, 0.29) is 5.91 Å². The van der Waals surface area contributed by atoms with Gasteiger partial charge in [-0.25, -0.2) is 15.0 Å². The molecule has 0 unspecified atom stereocenters. The van der Waals surface area contributed by atoms with Gasteiger partial charge in [-0.1, -0.05) is 6.08 Å². The van der Waals surface area contributed by atoms with Crippen molar-refractivity contribution in [2.24, 2.45) is 0 Å². The molecule has 0 spiro atoms. The topological polar surface area (TPSA) is 103 Å². The highest BCUT2D eigenvalue weighted by Crippen LogP contribution is 2.34. The van der Waals surface area contributed by atoms with E-state index in [1.165, 1.54) is 0 Å². The number of nitrogens with zero attached hydrogens (tertiary/aromatic N) is 7. The Morgan fingerprint density at radius 3 is 3.03 bits per heavy atom. The maximum Gasteiger partial charge on any atom is 0.234 e. The Morgan fingerprint density at radius 1 is 1.16 bits per heavy atom. The van der Waals surface area contributed by atoms with Crippen LogP contribution in [0.3, 0.4) is 0 Å². The van der Waals surface area contributed by atoms with Crippen LogP contribution in [-0.2, 0) is 24.3 Å². The number of aromatic nitrogens is 7. The average molecular weight is 412 g/mol. The first kappa shape index (κ1) is 17.9. The van der Waals surface area contributed by atoms with Crippen LogP contribution in [0.5, 0.6) is 0 Å². The highest BCUT2D eigenvalue weighted by atomic mass is 16.1. The van der Waals surface area contributed by atoms with Gasteiger partial charge in [0.1, 0.15) is 5.69 Å². The van der Waals surface area contributed by atoms with Gasteiger partial charge < -0.3 is 5.32 Å². The number of amides is 1. The SMILES string of the molecule is Cc1nn2cc1C1=CCc3ncc(nc31)-c1c(nc3ncccn13)CNC(=O)CCC2. The standard InChI is InChI=1S/C22H20N8O/c1-13-15-12-29(28-13)8-2-4-19(31)25-11-18-21(30-9-3-7-23-22(30)27-18)17-10-24-16-6-5-14(15)20(16)26-17/h3,5,7,9-10,12H,2,4,6,8,11H2,1H3,(H,25,31). The number of carbonyl (C=O) groups is 1. The molecule has 0 saturated carbocycles. The number of nitrogens with one attached hydrogen (secondary N) is 1. The lowest BCUT2D eigenvalue weighted by molar-refractivity contribution is -0.121. The second-order valence-electron chi connectivity index (χ2n) is 7.84. The van der Waals surface area contributed by atoms with Gasteiger partial charge in [-0.3, -0.25) is 18.9 Å². The van der Waals surface area contributed by atoms with Crippen LogP contribution in [-0.4, -0.2) is 40.0 Å². The largest absolute Gasteiger partial charge is 0.350 e. The molecule has 1 amide bonds. The first-order valence-corrected chi connectivity index (χ1v) is 10.4. The van der Waals surface area contributed by atoms with Crippen molar-refractivity contribution in [3.63, 3.8) is 0 Å². The van der Waals surface area contributed by atoms with Crippen molar-refractivity contribution in [3.05, 3.63) is 65.3 Å². The lowest BCUT2D eigenvalue weighted by Crippen LogP contribution is -2.23. The molecule has 31 heavy (non-hydrogen) atoms. The molecule has 154 valence electrons. The highest BCUT2D eigenvalue weighted by Gasteiger charge is 2.25. The van der Waals surface area contributed by atoms with Crippen molar-refractivity contribution in [1.82, 2.24) is 39.4 Å². The first-order chi connectivity index (χ1) is 15.2. The predicted octanol–water partition coefficient (Wildman–Crippen LogP) is 2.09. The van der Waals surface area contributed by atoms with Gasteiger partial charge in [0.2, 0.25) is 11.7 Å². The summed E-state index contributed by atoms with van der Waals surface area (Å²) in [6.45, 7) is 3.00. The maximum absolute atomic E-state index is 12.4. The minimum Gasteiger partial charge on any atom is -0.350 e. The van der Waals surface area contributed by atoms with E-state index in [1.807, 2.05) is 34.5 Å². The van der Waals surface area contributed by atoms with Crippen molar-refractivity contribution in [2.75, 3.05) is 0 Å². The summed E-state index contributed by atoms with van der Waals surface area (Å²) >= 11 is 0. The summed E-state index contributed by atoms with van der Waals surface area (Å²) in [5, 5.41) is 7.64. The quantitative estimate of drug-likeness (QED) is 0.474. The Kier molecular flexibility index (Phi) is 3.95. The molecule has 9 heteroatoms. The predicted molar refractivity (Wildman–Crippen MR) is 113 cm³/mol. The summed E-state index contributed by atoms with van der Waals surface area (Å²) in [6.07, 6.45) is 11.5. The van der Waals surface area contributed by atoms with Crippen LogP contribution >= 0.6 is 0 Å². The van der Waals surface area contributed by atoms with Crippen LogP contribution in [0.25, 0.3) is 22.7 Å². The summed E-state index contributed by atoms with van der Waals surface area (Å²) in [7, 11) is 0. The second-order valence-corrected chi connectivity index (χ2v) is 7.84. The van der Waals surface area contributed by atoms with Crippen LogP contribution in [0.4, 0.5) is 0 Å². The Balaban J connectivity index is 1.57. The van der Waals surface area contributed by atoms with Crippen molar-refractivity contribution >= 4 is 17.3 Å². The van der Waals surface area contributed by atoms with Crippen molar-refractivity contribution in [1.29, 1.82) is 0 Å². The number of rotatable bonds is 0. The Bertz CT molecular complexity index is 1380.